The van der Waals surface area contributed by atoms with Crippen LogP contribution in [0.4, 0.5) is 11.4 Å². The minimum absolute atomic E-state index is 0.0862. The summed E-state index contributed by atoms with van der Waals surface area (Å²) in [6.45, 7) is 5.67. The van der Waals surface area contributed by atoms with Crippen molar-refractivity contribution >= 4 is 23.0 Å². The zero-order valence-electron chi connectivity index (χ0n) is 11.6. The Hall–Kier alpha value is -1.33. The first-order chi connectivity index (χ1) is 9.61. The largest absolute Gasteiger partial charge is 0.366 e. The SMILES string of the molecule is CCN(CC1CCCNC1)c1ccc(Cl)cc1[N+](=O)[O-]. The lowest BCUT2D eigenvalue weighted by Crippen LogP contribution is -2.38. The maximum absolute atomic E-state index is 11.2. The van der Waals surface area contributed by atoms with Crippen molar-refractivity contribution in [1.29, 1.82) is 0 Å². The van der Waals surface area contributed by atoms with Gasteiger partial charge in [0, 0.05) is 24.2 Å². The van der Waals surface area contributed by atoms with Crippen molar-refractivity contribution in [3.63, 3.8) is 0 Å². The summed E-state index contributed by atoms with van der Waals surface area (Å²) in [6, 6.07) is 4.89. The second kappa shape index (κ2) is 6.90. The van der Waals surface area contributed by atoms with Gasteiger partial charge in [0.25, 0.3) is 5.69 Å². The molecule has 1 unspecified atom stereocenters. The van der Waals surface area contributed by atoms with Crippen LogP contribution in [-0.2, 0) is 0 Å². The molecule has 0 amide bonds. The first kappa shape index (κ1) is 15.1. The van der Waals surface area contributed by atoms with Crippen LogP contribution in [0, 0.1) is 16.0 Å². The Morgan fingerprint density at radius 2 is 2.35 bits per heavy atom. The number of piperidine rings is 1. The normalized spacial score (nSPS) is 18.8. The number of nitrogens with zero attached hydrogens (tertiary/aromatic N) is 2. The minimum atomic E-state index is -0.358. The van der Waals surface area contributed by atoms with Gasteiger partial charge < -0.3 is 10.2 Å². The van der Waals surface area contributed by atoms with E-state index in [0.29, 0.717) is 16.6 Å². The second-order valence-corrected chi connectivity index (χ2v) is 5.58. The van der Waals surface area contributed by atoms with Gasteiger partial charge in [-0.25, -0.2) is 0 Å². The number of nitro benzene ring substituents is 1. The molecule has 1 saturated heterocycles. The van der Waals surface area contributed by atoms with Gasteiger partial charge in [0.1, 0.15) is 5.69 Å². The van der Waals surface area contributed by atoms with E-state index in [2.05, 4.69) is 10.2 Å². The number of anilines is 1. The van der Waals surface area contributed by atoms with Crippen LogP contribution >= 0.6 is 11.6 Å². The lowest BCUT2D eigenvalue weighted by atomic mass is 9.98. The topological polar surface area (TPSA) is 58.4 Å². The molecule has 1 aromatic carbocycles. The molecule has 1 fully saturated rings. The fourth-order valence-corrected chi connectivity index (χ4v) is 2.87. The van der Waals surface area contributed by atoms with E-state index in [4.69, 9.17) is 11.6 Å². The minimum Gasteiger partial charge on any atom is -0.366 e. The smallest absolute Gasteiger partial charge is 0.294 e. The molecule has 1 aromatic rings. The number of halogens is 1. The highest BCUT2D eigenvalue weighted by atomic mass is 35.5. The lowest BCUT2D eigenvalue weighted by Gasteiger charge is -2.30. The predicted octanol–water partition coefficient (Wildman–Crippen LogP) is 3.07. The summed E-state index contributed by atoms with van der Waals surface area (Å²) >= 11 is 5.87. The molecule has 20 heavy (non-hydrogen) atoms. The fraction of sp³-hybridized carbons (Fsp3) is 0.571. The molecule has 2 rings (SSSR count). The van der Waals surface area contributed by atoms with Gasteiger partial charge in [-0.2, -0.15) is 0 Å². The summed E-state index contributed by atoms with van der Waals surface area (Å²) in [5, 5.41) is 15.0. The van der Waals surface area contributed by atoms with Gasteiger partial charge in [0.2, 0.25) is 0 Å². The molecule has 110 valence electrons. The van der Waals surface area contributed by atoms with Crippen molar-refractivity contribution in [2.75, 3.05) is 31.1 Å². The van der Waals surface area contributed by atoms with Crippen LogP contribution in [0.5, 0.6) is 0 Å². The zero-order chi connectivity index (χ0) is 14.5. The van der Waals surface area contributed by atoms with Crippen LogP contribution in [0.15, 0.2) is 18.2 Å². The van der Waals surface area contributed by atoms with Crippen LogP contribution in [0.3, 0.4) is 0 Å². The summed E-state index contributed by atoms with van der Waals surface area (Å²) in [7, 11) is 0. The number of hydrogen-bond acceptors (Lipinski definition) is 4. The van der Waals surface area contributed by atoms with Gasteiger partial charge in [-0.3, -0.25) is 10.1 Å². The average Bonchev–Trinajstić information content (AvgIpc) is 2.46. The van der Waals surface area contributed by atoms with E-state index >= 15 is 0 Å². The molecule has 0 aromatic heterocycles. The van der Waals surface area contributed by atoms with Gasteiger partial charge in [-0.1, -0.05) is 11.6 Å². The standard InChI is InChI=1S/C14H20ClN3O2/c1-2-17(10-11-4-3-7-16-9-11)13-6-5-12(15)8-14(13)18(19)20/h5-6,8,11,16H,2-4,7,9-10H2,1H3. The average molecular weight is 298 g/mol. The number of benzene rings is 1. The molecule has 0 radical (unpaired) electrons. The van der Waals surface area contributed by atoms with Crippen LogP contribution < -0.4 is 10.2 Å². The van der Waals surface area contributed by atoms with E-state index in [-0.39, 0.29) is 10.6 Å². The molecular formula is C14H20ClN3O2. The Morgan fingerprint density at radius 1 is 1.55 bits per heavy atom. The predicted molar refractivity (Wildman–Crippen MR) is 81.6 cm³/mol. The van der Waals surface area contributed by atoms with Crippen molar-refractivity contribution < 1.29 is 4.92 Å². The zero-order valence-corrected chi connectivity index (χ0v) is 12.4. The number of rotatable bonds is 5. The number of nitrogens with one attached hydrogen (secondary N) is 1. The van der Waals surface area contributed by atoms with Gasteiger partial charge in [-0.15, -0.1) is 0 Å². The summed E-state index contributed by atoms with van der Waals surface area (Å²) in [4.78, 5) is 12.9. The van der Waals surface area contributed by atoms with E-state index in [1.165, 1.54) is 18.9 Å². The Balaban J connectivity index is 2.19. The molecule has 1 N–H and O–H groups in total. The van der Waals surface area contributed by atoms with Crippen molar-refractivity contribution in [1.82, 2.24) is 5.32 Å². The van der Waals surface area contributed by atoms with Gasteiger partial charge in [0.05, 0.1) is 4.92 Å². The summed E-state index contributed by atoms with van der Waals surface area (Å²) in [5.41, 5.74) is 0.746. The van der Waals surface area contributed by atoms with Crippen molar-refractivity contribution in [3.05, 3.63) is 33.3 Å². The molecule has 5 nitrogen and oxygen atoms in total. The van der Waals surface area contributed by atoms with E-state index in [1.54, 1.807) is 12.1 Å². The Bertz CT molecular complexity index is 475. The first-order valence-corrected chi connectivity index (χ1v) is 7.39. The van der Waals surface area contributed by atoms with E-state index in [9.17, 15) is 10.1 Å². The summed E-state index contributed by atoms with van der Waals surface area (Å²) in [5.74, 6) is 0.541. The highest BCUT2D eigenvalue weighted by molar-refractivity contribution is 6.30. The van der Waals surface area contributed by atoms with Crippen molar-refractivity contribution in [2.24, 2.45) is 5.92 Å². The molecule has 6 heteroatoms. The lowest BCUT2D eigenvalue weighted by molar-refractivity contribution is -0.384. The monoisotopic (exact) mass is 297 g/mol. The van der Waals surface area contributed by atoms with Crippen molar-refractivity contribution in [3.8, 4) is 0 Å². The molecule has 0 saturated carbocycles. The molecule has 0 bridgehead atoms. The third-order valence-corrected chi connectivity index (χ3v) is 3.97. The molecule has 1 aliphatic heterocycles. The molecule has 1 aliphatic rings. The molecular weight excluding hydrogens is 278 g/mol. The van der Waals surface area contributed by atoms with E-state index < -0.39 is 0 Å². The highest BCUT2D eigenvalue weighted by Gasteiger charge is 2.22. The second-order valence-electron chi connectivity index (χ2n) is 5.14. The maximum Gasteiger partial charge on any atom is 0.294 e. The molecule has 0 aliphatic carbocycles. The highest BCUT2D eigenvalue weighted by Crippen LogP contribution is 2.31. The van der Waals surface area contributed by atoms with Crippen molar-refractivity contribution in [2.45, 2.75) is 19.8 Å². The number of hydrogen-bond donors (Lipinski definition) is 1. The maximum atomic E-state index is 11.2. The van der Waals surface area contributed by atoms with Gasteiger partial charge >= 0.3 is 0 Å². The Kier molecular flexibility index (Phi) is 5.20. The first-order valence-electron chi connectivity index (χ1n) is 7.01. The van der Waals surface area contributed by atoms with Crippen LogP contribution in [0.2, 0.25) is 5.02 Å². The van der Waals surface area contributed by atoms with Crippen LogP contribution in [-0.4, -0.2) is 31.1 Å². The summed E-state index contributed by atoms with van der Waals surface area (Å²) < 4.78 is 0. The number of nitro groups is 1. The Morgan fingerprint density at radius 3 is 2.95 bits per heavy atom. The fourth-order valence-electron chi connectivity index (χ4n) is 2.70. The van der Waals surface area contributed by atoms with E-state index in [0.717, 1.165) is 26.2 Å². The summed E-state index contributed by atoms with van der Waals surface area (Å²) in [6.07, 6.45) is 2.34. The van der Waals surface area contributed by atoms with Gasteiger partial charge in [0.15, 0.2) is 0 Å². The third kappa shape index (κ3) is 3.61. The molecule has 1 heterocycles. The van der Waals surface area contributed by atoms with Crippen LogP contribution in [0.1, 0.15) is 19.8 Å². The van der Waals surface area contributed by atoms with E-state index in [1.807, 2.05) is 6.92 Å². The third-order valence-electron chi connectivity index (χ3n) is 3.73. The van der Waals surface area contributed by atoms with Gasteiger partial charge in [-0.05, 0) is 50.9 Å². The molecule has 0 spiro atoms. The molecule has 1 atom stereocenters. The quantitative estimate of drug-likeness (QED) is 0.670. The van der Waals surface area contributed by atoms with Crippen LogP contribution in [0.25, 0.3) is 0 Å². The Labute approximate surface area is 124 Å².